The summed E-state index contributed by atoms with van der Waals surface area (Å²) in [4.78, 5) is 26.2. The van der Waals surface area contributed by atoms with Crippen molar-refractivity contribution in [2.45, 2.75) is 17.9 Å². The van der Waals surface area contributed by atoms with Gasteiger partial charge in [-0.1, -0.05) is 23.8 Å². The highest BCUT2D eigenvalue weighted by Crippen LogP contribution is 2.26. The lowest BCUT2D eigenvalue weighted by Crippen LogP contribution is -2.52. The van der Waals surface area contributed by atoms with Crippen LogP contribution in [0.2, 0.25) is 0 Å². The van der Waals surface area contributed by atoms with Crippen molar-refractivity contribution < 1.29 is 41.2 Å². The smallest absolute Gasteiger partial charge is 0.382 e. The fourth-order valence-corrected chi connectivity index (χ4v) is 5.12. The number of pyridine rings is 1. The van der Waals surface area contributed by atoms with Crippen LogP contribution in [0.25, 0.3) is 22.0 Å². The minimum absolute atomic E-state index is 0.191. The number of methoxy groups -OCH3 is 3. The number of aromatic nitrogens is 1. The van der Waals surface area contributed by atoms with Gasteiger partial charge in [-0.25, -0.2) is 14.0 Å². The van der Waals surface area contributed by atoms with Crippen LogP contribution >= 0.6 is 0 Å². The number of ether oxygens (including phenoxy) is 3. The van der Waals surface area contributed by atoms with E-state index < -0.39 is 39.5 Å². The lowest BCUT2D eigenvalue weighted by atomic mass is 10.0. The molecule has 0 aliphatic carbocycles. The van der Waals surface area contributed by atoms with Crippen LogP contribution in [0.15, 0.2) is 88.3 Å². The van der Waals surface area contributed by atoms with Gasteiger partial charge in [0.2, 0.25) is 11.4 Å². The third kappa shape index (κ3) is 5.84. The van der Waals surface area contributed by atoms with E-state index in [0.717, 1.165) is 19.8 Å². The number of carbonyl (C=O) groups is 2. The average molecular weight is 566 g/mol. The molecule has 0 amide bonds. The Kier molecular flexibility index (Phi) is 8.24. The summed E-state index contributed by atoms with van der Waals surface area (Å²) in [6.45, 7) is 1.78. The zero-order chi connectivity index (χ0) is 29.0. The van der Waals surface area contributed by atoms with Crippen molar-refractivity contribution in [3.05, 3.63) is 90.4 Å². The summed E-state index contributed by atoms with van der Waals surface area (Å²) in [6.07, 6.45) is 1.43. The summed E-state index contributed by atoms with van der Waals surface area (Å²) in [5.41, 5.74) is 1.02. The van der Waals surface area contributed by atoms with Crippen LogP contribution < -0.4 is 9.30 Å². The number of esters is 2. The zero-order valence-electron chi connectivity index (χ0n) is 22.1. The van der Waals surface area contributed by atoms with Gasteiger partial charge in [0.15, 0.2) is 6.20 Å². The molecule has 0 aliphatic rings. The van der Waals surface area contributed by atoms with E-state index in [1.807, 2.05) is 0 Å². The first-order valence-corrected chi connectivity index (χ1v) is 13.4. The number of carbonyl (C=O) groups excluding carboxylic acids is 2. The zero-order valence-corrected chi connectivity index (χ0v) is 22.9. The molecule has 1 heterocycles. The van der Waals surface area contributed by atoms with Gasteiger partial charge >= 0.3 is 18.0 Å². The predicted octanol–water partition coefficient (Wildman–Crippen LogP) is 3.97. The molecule has 4 rings (SSSR count). The fraction of sp³-hybridized carbons (Fsp3) is 0.172. The van der Waals surface area contributed by atoms with E-state index in [2.05, 4.69) is 4.40 Å². The molecular formula is C29H26FN2O7S+. The molecule has 0 saturated carbocycles. The van der Waals surface area contributed by atoms with Crippen molar-refractivity contribution in [1.29, 1.82) is 0 Å². The Morgan fingerprint density at radius 1 is 0.875 bits per heavy atom. The molecule has 0 N–H and O–H groups in total. The molecule has 40 heavy (non-hydrogen) atoms. The minimum atomic E-state index is -4.47. The Labute approximate surface area is 230 Å². The fourth-order valence-electron chi connectivity index (χ4n) is 4.10. The number of hydrogen-bond acceptors (Lipinski definition) is 7. The molecule has 1 atom stereocenters. The van der Waals surface area contributed by atoms with Gasteiger partial charge in [0, 0.05) is 17.0 Å². The van der Waals surface area contributed by atoms with Crippen molar-refractivity contribution in [3.8, 4) is 17.0 Å². The molecule has 0 bridgehead atoms. The van der Waals surface area contributed by atoms with E-state index in [1.54, 1.807) is 55.5 Å². The van der Waals surface area contributed by atoms with Crippen LogP contribution in [0, 0.1) is 12.7 Å². The lowest BCUT2D eigenvalue weighted by Gasteiger charge is -2.16. The van der Waals surface area contributed by atoms with Crippen LogP contribution in [0.5, 0.6) is 5.75 Å². The number of hydrogen-bond donors (Lipinski definition) is 0. The van der Waals surface area contributed by atoms with Gasteiger partial charge in [0.25, 0.3) is 10.0 Å². The average Bonchev–Trinajstić information content (AvgIpc) is 2.96. The Bertz CT molecular complexity index is 1720. The Morgan fingerprint density at radius 2 is 1.55 bits per heavy atom. The first kappa shape index (κ1) is 28.4. The quantitative estimate of drug-likeness (QED) is 0.181. The number of fused-ring (bicyclic) bond motifs is 1. The molecule has 0 fully saturated rings. The SMILES string of the molecule is COC(=O)/C(=N\S(=O)(=O)c1ccc(C)cc1)C(C(=O)OC)[n+]1cc2cc(F)ccc2cc1-c1ccc(OC)cc1. The molecule has 11 heteroatoms. The standard InChI is InChI=1S/C29H26FN2O7S/c1-18-5-13-24(14-6-18)40(35,36)31-26(28(33)38-3)27(29(34)39-4)32-17-21-15-22(30)10-7-20(21)16-25(32)19-8-11-23(37-2)12-9-19/h5-17,27H,1-4H3/q+1/b31-26-. The Hall–Kier alpha value is -4.64. The number of sulfonamides is 1. The van der Waals surface area contributed by atoms with E-state index >= 15 is 0 Å². The molecule has 1 unspecified atom stereocenters. The van der Waals surface area contributed by atoms with Gasteiger partial charge in [0.1, 0.15) is 11.6 Å². The Morgan fingerprint density at radius 3 is 2.15 bits per heavy atom. The maximum atomic E-state index is 14.2. The second-order valence-corrected chi connectivity index (χ2v) is 10.4. The molecular weight excluding hydrogens is 539 g/mol. The van der Waals surface area contributed by atoms with Gasteiger partial charge in [-0.15, -0.1) is 4.40 Å². The van der Waals surface area contributed by atoms with Crippen molar-refractivity contribution in [3.63, 3.8) is 0 Å². The molecule has 0 aliphatic heterocycles. The van der Waals surface area contributed by atoms with Crippen LogP contribution in [0.4, 0.5) is 4.39 Å². The van der Waals surface area contributed by atoms with E-state index in [4.69, 9.17) is 14.2 Å². The highest BCUT2D eigenvalue weighted by Gasteiger charge is 2.43. The van der Waals surface area contributed by atoms with E-state index in [9.17, 15) is 22.4 Å². The number of halogens is 1. The van der Waals surface area contributed by atoms with Crippen LogP contribution in [-0.4, -0.2) is 47.4 Å². The molecule has 0 radical (unpaired) electrons. The molecule has 3 aromatic carbocycles. The molecule has 9 nitrogen and oxygen atoms in total. The third-order valence-corrected chi connectivity index (χ3v) is 7.48. The van der Waals surface area contributed by atoms with Gasteiger partial charge in [-0.05, 0) is 60.8 Å². The summed E-state index contributed by atoms with van der Waals surface area (Å²) in [6, 6.07) is 16.7. The van der Waals surface area contributed by atoms with Crippen LogP contribution in [0.3, 0.4) is 0 Å². The van der Waals surface area contributed by atoms with Crippen molar-refractivity contribution in [2.24, 2.45) is 4.40 Å². The highest BCUT2D eigenvalue weighted by atomic mass is 32.2. The summed E-state index contributed by atoms with van der Waals surface area (Å²) < 4.78 is 61.0. The second kappa shape index (κ2) is 11.6. The van der Waals surface area contributed by atoms with Gasteiger partial charge in [0.05, 0.1) is 26.2 Å². The van der Waals surface area contributed by atoms with Crippen LogP contribution in [-0.2, 0) is 29.1 Å². The largest absolute Gasteiger partial charge is 0.497 e. The summed E-state index contributed by atoms with van der Waals surface area (Å²) in [5.74, 6) is -2.13. The van der Waals surface area contributed by atoms with Crippen LogP contribution in [0.1, 0.15) is 11.6 Å². The van der Waals surface area contributed by atoms with Gasteiger partial charge < -0.3 is 14.2 Å². The maximum absolute atomic E-state index is 14.2. The van der Waals surface area contributed by atoms with Gasteiger partial charge in [-0.2, -0.15) is 13.0 Å². The van der Waals surface area contributed by atoms with Crippen molar-refractivity contribution in [2.75, 3.05) is 21.3 Å². The van der Waals surface area contributed by atoms with Gasteiger partial charge in [-0.3, -0.25) is 0 Å². The predicted molar refractivity (Wildman–Crippen MR) is 145 cm³/mol. The molecule has 0 spiro atoms. The molecule has 0 saturated heterocycles. The minimum Gasteiger partial charge on any atom is -0.497 e. The van der Waals surface area contributed by atoms with E-state index in [-0.39, 0.29) is 4.90 Å². The molecule has 206 valence electrons. The summed E-state index contributed by atoms with van der Waals surface area (Å²) in [5, 5.41) is 0.993. The normalized spacial score (nSPS) is 12.6. The van der Waals surface area contributed by atoms with Crippen molar-refractivity contribution in [1.82, 2.24) is 0 Å². The number of rotatable bonds is 8. The summed E-state index contributed by atoms with van der Waals surface area (Å²) >= 11 is 0. The molecule has 1 aromatic heterocycles. The first-order valence-electron chi connectivity index (χ1n) is 11.9. The first-order chi connectivity index (χ1) is 19.1. The van der Waals surface area contributed by atoms with E-state index in [0.29, 0.717) is 27.8 Å². The number of aryl methyl sites for hydroxylation is 1. The van der Waals surface area contributed by atoms with Crippen molar-refractivity contribution >= 4 is 38.4 Å². The topological polar surface area (TPSA) is 112 Å². The maximum Gasteiger partial charge on any atom is 0.382 e. The number of benzene rings is 3. The number of nitrogens with zero attached hydrogens (tertiary/aromatic N) is 2. The monoisotopic (exact) mass is 565 g/mol. The third-order valence-electron chi connectivity index (χ3n) is 6.18. The second-order valence-electron chi connectivity index (χ2n) is 8.75. The Balaban J connectivity index is 2.04. The summed E-state index contributed by atoms with van der Waals surface area (Å²) in [7, 11) is -0.830. The highest BCUT2D eigenvalue weighted by molar-refractivity contribution is 7.90. The van der Waals surface area contributed by atoms with E-state index in [1.165, 1.54) is 42.1 Å². The lowest BCUT2D eigenvalue weighted by molar-refractivity contribution is -0.683. The molecule has 4 aromatic rings.